The monoisotopic (exact) mass is 417 g/mol. The first kappa shape index (κ1) is 20.3. The highest BCUT2D eigenvalue weighted by atomic mass is 19.1. The van der Waals surface area contributed by atoms with Gasteiger partial charge >= 0.3 is 0 Å². The number of rotatable bonds is 7. The summed E-state index contributed by atoms with van der Waals surface area (Å²) in [5.41, 5.74) is 8.93. The van der Waals surface area contributed by atoms with E-state index in [1.807, 2.05) is 65.6 Å². The van der Waals surface area contributed by atoms with Crippen LogP contribution in [0, 0.1) is 11.6 Å². The van der Waals surface area contributed by atoms with E-state index in [1.165, 1.54) is 18.5 Å². The Morgan fingerprint density at radius 2 is 1.42 bits per heavy atom. The van der Waals surface area contributed by atoms with Crippen molar-refractivity contribution in [3.05, 3.63) is 108 Å². The van der Waals surface area contributed by atoms with Crippen LogP contribution in [0.4, 0.5) is 31.8 Å². The maximum Gasteiger partial charge on any atom is 0.159 e. The molecule has 156 valence electrons. The average molecular weight is 417 g/mol. The summed E-state index contributed by atoms with van der Waals surface area (Å²) in [6.45, 7) is 1.14. The molecule has 0 aliphatic heterocycles. The van der Waals surface area contributed by atoms with Gasteiger partial charge in [0.2, 0.25) is 0 Å². The molecule has 0 unspecified atom stereocenters. The van der Waals surface area contributed by atoms with Crippen molar-refractivity contribution in [2.24, 2.45) is 0 Å². The first-order valence-corrected chi connectivity index (χ1v) is 9.75. The van der Waals surface area contributed by atoms with Crippen molar-refractivity contribution in [1.82, 2.24) is 9.97 Å². The molecule has 1 aromatic heterocycles. The highest BCUT2D eigenvalue weighted by Gasteiger charge is 2.17. The van der Waals surface area contributed by atoms with Gasteiger partial charge in [0.15, 0.2) is 11.6 Å². The maximum atomic E-state index is 14.1. The minimum absolute atomic E-state index is 0.0791. The molecule has 3 aromatic carbocycles. The third-order valence-electron chi connectivity index (χ3n) is 4.78. The predicted octanol–water partition coefficient (Wildman–Crippen LogP) is 5.29. The Balaban J connectivity index is 1.67. The Morgan fingerprint density at radius 3 is 2.00 bits per heavy atom. The normalized spacial score (nSPS) is 10.6. The second-order valence-corrected chi connectivity index (χ2v) is 7.04. The lowest BCUT2D eigenvalue weighted by Crippen LogP contribution is -2.24. The number of aromatic nitrogens is 2. The number of hydrogen-bond acceptors (Lipinski definition) is 5. The van der Waals surface area contributed by atoms with E-state index in [-0.39, 0.29) is 17.2 Å². The average Bonchev–Trinajstić information content (AvgIpc) is 2.78. The third kappa shape index (κ3) is 4.95. The molecule has 5 nitrogen and oxygen atoms in total. The molecule has 0 saturated heterocycles. The van der Waals surface area contributed by atoms with Crippen molar-refractivity contribution in [1.29, 1.82) is 0 Å². The van der Waals surface area contributed by atoms with E-state index in [0.29, 0.717) is 18.9 Å². The van der Waals surface area contributed by atoms with Crippen LogP contribution < -0.4 is 16.0 Å². The molecule has 3 N–H and O–H groups in total. The summed E-state index contributed by atoms with van der Waals surface area (Å²) in [7, 11) is 0. The van der Waals surface area contributed by atoms with Crippen molar-refractivity contribution < 1.29 is 8.78 Å². The van der Waals surface area contributed by atoms with Crippen LogP contribution in [0.15, 0.2) is 85.2 Å². The number of benzene rings is 3. The molecule has 0 saturated carbocycles. The highest BCUT2D eigenvalue weighted by molar-refractivity contribution is 5.78. The Kier molecular flexibility index (Phi) is 6.03. The fraction of sp³-hybridized carbons (Fsp3) is 0.0833. The molecule has 0 aliphatic carbocycles. The Morgan fingerprint density at radius 1 is 0.806 bits per heavy atom. The summed E-state index contributed by atoms with van der Waals surface area (Å²) < 4.78 is 27.3. The van der Waals surface area contributed by atoms with Gasteiger partial charge in [-0.3, -0.25) is 0 Å². The van der Waals surface area contributed by atoms with Crippen molar-refractivity contribution in [3.63, 3.8) is 0 Å². The van der Waals surface area contributed by atoms with Gasteiger partial charge in [-0.15, -0.1) is 0 Å². The molecule has 4 rings (SSSR count). The minimum Gasteiger partial charge on any atom is -0.393 e. The lowest BCUT2D eigenvalue weighted by Gasteiger charge is -2.26. The van der Waals surface area contributed by atoms with Crippen molar-refractivity contribution in [2.45, 2.75) is 13.1 Å². The quantitative estimate of drug-likeness (QED) is 0.428. The molecule has 0 amide bonds. The fourth-order valence-corrected chi connectivity index (χ4v) is 3.27. The third-order valence-corrected chi connectivity index (χ3v) is 4.78. The van der Waals surface area contributed by atoms with Gasteiger partial charge in [0.25, 0.3) is 0 Å². The molecule has 0 radical (unpaired) electrons. The number of nitrogens with two attached hydrogens (primary N) is 1. The van der Waals surface area contributed by atoms with Crippen LogP contribution >= 0.6 is 0 Å². The summed E-state index contributed by atoms with van der Waals surface area (Å²) in [4.78, 5) is 10.6. The number of anilines is 4. The molecule has 1 heterocycles. The summed E-state index contributed by atoms with van der Waals surface area (Å²) in [5.74, 6) is -0.615. The van der Waals surface area contributed by atoms with Gasteiger partial charge in [-0.05, 0) is 23.3 Å². The lowest BCUT2D eigenvalue weighted by molar-refractivity contribution is 0.586. The number of nitrogens with one attached hydrogen (secondary N) is 1. The van der Waals surface area contributed by atoms with Crippen molar-refractivity contribution >= 4 is 23.0 Å². The largest absolute Gasteiger partial charge is 0.393 e. The van der Waals surface area contributed by atoms with Gasteiger partial charge in [-0.2, -0.15) is 0 Å². The van der Waals surface area contributed by atoms with Crippen LogP contribution in [0.25, 0.3) is 0 Å². The van der Waals surface area contributed by atoms with Crippen LogP contribution in [-0.4, -0.2) is 9.97 Å². The molecule has 4 aromatic rings. The Labute approximate surface area is 179 Å². The topological polar surface area (TPSA) is 67.1 Å². The van der Waals surface area contributed by atoms with E-state index in [0.717, 1.165) is 17.2 Å². The predicted molar refractivity (Wildman–Crippen MR) is 119 cm³/mol. The Hall–Kier alpha value is -4.00. The van der Waals surface area contributed by atoms with Crippen LogP contribution in [0.3, 0.4) is 0 Å². The molecular formula is C24H21F2N5. The molecule has 0 fully saturated rings. The zero-order chi connectivity index (χ0) is 21.6. The van der Waals surface area contributed by atoms with Crippen molar-refractivity contribution in [2.75, 3.05) is 16.0 Å². The number of nitrogen functional groups attached to an aromatic ring is 1. The number of nitrogens with zero attached hydrogens (tertiary/aromatic N) is 3. The molecule has 0 bridgehead atoms. The van der Waals surface area contributed by atoms with E-state index in [2.05, 4.69) is 15.3 Å². The zero-order valence-corrected chi connectivity index (χ0v) is 16.7. The second-order valence-electron chi connectivity index (χ2n) is 7.04. The SMILES string of the molecule is Nc1c(Nc2ccc(F)cc2F)ncnc1N(Cc1ccccc1)Cc1ccccc1. The van der Waals surface area contributed by atoms with Crippen LogP contribution in [0.5, 0.6) is 0 Å². The van der Waals surface area contributed by atoms with Gasteiger partial charge < -0.3 is 16.0 Å². The highest BCUT2D eigenvalue weighted by Crippen LogP contribution is 2.31. The van der Waals surface area contributed by atoms with Crippen LogP contribution in [-0.2, 0) is 13.1 Å². The molecule has 0 spiro atoms. The zero-order valence-electron chi connectivity index (χ0n) is 16.7. The van der Waals surface area contributed by atoms with Gasteiger partial charge in [0.1, 0.15) is 23.6 Å². The van der Waals surface area contributed by atoms with Gasteiger partial charge in [0.05, 0.1) is 5.69 Å². The summed E-state index contributed by atoms with van der Waals surface area (Å²) in [6.07, 6.45) is 1.37. The van der Waals surface area contributed by atoms with Gasteiger partial charge in [0, 0.05) is 19.2 Å². The lowest BCUT2D eigenvalue weighted by atomic mass is 10.1. The molecule has 0 atom stereocenters. The van der Waals surface area contributed by atoms with Crippen molar-refractivity contribution in [3.8, 4) is 0 Å². The summed E-state index contributed by atoms with van der Waals surface area (Å²) in [6, 6.07) is 23.2. The molecule has 31 heavy (non-hydrogen) atoms. The van der Waals surface area contributed by atoms with E-state index < -0.39 is 11.6 Å². The Bertz CT molecular complexity index is 1110. The molecular weight excluding hydrogens is 396 g/mol. The summed E-state index contributed by atoms with van der Waals surface area (Å²) >= 11 is 0. The van der Waals surface area contributed by atoms with E-state index in [4.69, 9.17) is 5.73 Å². The van der Waals surface area contributed by atoms with E-state index in [1.54, 1.807) is 0 Å². The number of hydrogen-bond donors (Lipinski definition) is 2. The number of halogens is 2. The second kappa shape index (κ2) is 9.21. The van der Waals surface area contributed by atoms with Gasteiger partial charge in [-0.1, -0.05) is 60.7 Å². The first-order chi connectivity index (χ1) is 15.1. The van der Waals surface area contributed by atoms with Gasteiger partial charge in [-0.25, -0.2) is 18.7 Å². The van der Waals surface area contributed by atoms with E-state index >= 15 is 0 Å². The fourth-order valence-electron chi connectivity index (χ4n) is 3.27. The molecule has 0 aliphatic rings. The van der Waals surface area contributed by atoms with Crippen LogP contribution in [0.1, 0.15) is 11.1 Å². The molecule has 7 heteroatoms. The standard InChI is InChI=1S/C24H21F2N5/c25-19-11-12-21(20(26)13-19)30-23-22(27)24(29-16-28-23)31(14-17-7-3-1-4-8-17)15-18-9-5-2-6-10-18/h1-13,16H,14-15,27H2,(H,28,29,30). The smallest absolute Gasteiger partial charge is 0.159 e. The minimum atomic E-state index is -0.731. The van der Waals surface area contributed by atoms with E-state index in [9.17, 15) is 8.78 Å². The summed E-state index contributed by atoms with van der Waals surface area (Å²) in [5, 5.41) is 2.85. The maximum absolute atomic E-state index is 14.1. The first-order valence-electron chi connectivity index (χ1n) is 9.75. The van der Waals surface area contributed by atoms with Crippen LogP contribution in [0.2, 0.25) is 0 Å².